The summed E-state index contributed by atoms with van der Waals surface area (Å²) < 4.78 is 5.02. The van der Waals surface area contributed by atoms with Crippen molar-refractivity contribution in [2.45, 2.75) is 33.2 Å². The van der Waals surface area contributed by atoms with E-state index < -0.39 is 0 Å². The maximum Gasteiger partial charge on any atom is 0.409 e. The molecule has 1 atom stereocenters. The molecule has 2 aliphatic rings. The van der Waals surface area contributed by atoms with Gasteiger partial charge in [0.05, 0.1) is 6.61 Å². The molecule has 27 heavy (non-hydrogen) atoms. The minimum Gasteiger partial charge on any atom is -0.450 e. The summed E-state index contributed by atoms with van der Waals surface area (Å²) >= 11 is 0. The summed E-state index contributed by atoms with van der Waals surface area (Å²) in [4.78, 5) is 30.5. The molecule has 2 aliphatic heterocycles. The minimum atomic E-state index is -0.291. The molecule has 0 bridgehead atoms. The van der Waals surface area contributed by atoms with Crippen molar-refractivity contribution in [3.05, 3.63) is 35.4 Å². The van der Waals surface area contributed by atoms with Crippen molar-refractivity contribution in [3.63, 3.8) is 0 Å². The Balaban J connectivity index is 1.51. The van der Waals surface area contributed by atoms with Gasteiger partial charge < -0.3 is 14.5 Å². The number of rotatable bonds is 4. The molecule has 2 amide bonds. The summed E-state index contributed by atoms with van der Waals surface area (Å²) in [6.45, 7) is 9.91. The molecule has 1 aromatic carbocycles. The van der Waals surface area contributed by atoms with Crippen LogP contribution in [0.15, 0.2) is 24.3 Å². The van der Waals surface area contributed by atoms with Gasteiger partial charge in [-0.15, -0.1) is 0 Å². The van der Waals surface area contributed by atoms with Crippen molar-refractivity contribution in [1.29, 1.82) is 0 Å². The maximum absolute atomic E-state index is 12.7. The summed E-state index contributed by atoms with van der Waals surface area (Å²) in [6.07, 6.45) is 2.31. The molecule has 6 nitrogen and oxygen atoms in total. The third-order valence-corrected chi connectivity index (χ3v) is 5.44. The normalized spacial score (nSPS) is 21.2. The van der Waals surface area contributed by atoms with Crippen LogP contribution in [0.4, 0.5) is 4.79 Å². The Hall–Kier alpha value is -2.08. The number of nitrogens with zero attached hydrogens (tertiary/aromatic N) is 3. The molecule has 6 heteroatoms. The van der Waals surface area contributed by atoms with Crippen LogP contribution in [0.3, 0.4) is 0 Å². The SMILES string of the molecule is CCOC(=O)N1CCN(C(=O)c2ccc(CN3CCC[C@H](C)C3)cc2)CC1. The fraction of sp³-hybridized carbons (Fsp3) is 0.619. The number of hydrogen-bond acceptors (Lipinski definition) is 4. The summed E-state index contributed by atoms with van der Waals surface area (Å²) in [7, 11) is 0. The standard InChI is InChI=1S/C21H31N3O3/c1-3-27-21(26)24-13-11-23(12-14-24)20(25)19-8-6-18(7-9-19)16-22-10-4-5-17(2)15-22/h6-9,17H,3-5,10-16H2,1-2H3/t17-/m0/s1. The number of carbonyl (C=O) groups is 2. The third-order valence-electron chi connectivity index (χ3n) is 5.44. The molecule has 1 aromatic rings. The van der Waals surface area contributed by atoms with E-state index in [4.69, 9.17) is 4.74 Å². The zero-order chi connectivity index (χ0) is 19.2. The second-order valence-corrected chi connectivity index (χ2v) is 7.66. The van der Waals surface area contributed by atoms with Crippen LogP contribution >= 0.6 is 0 Å². The lowest BCUT2D eigenvalue weighted by Crippen LogP contribution is -2.50. The van der Waals surface area contributed by atoms with Crippen LogP contribution in [0.5, 0.6) is 0 Å². The highest BCUT2D eigenvalue weighted by Crippen LogP contribution is 2.18. The highest BCUT2D eigenvalue weighted by atomic mass is 16.6. The van der Waals surface area contributed by atoms with Gasteiger partial charge in [-0.1, -0.05) is 19.1 Å². The van der Waals surface area contributed by atoms with E-state index in [9.17, 15) is 9.59 Å². The lowest BCUT2D eigenvalue weighted by atomic mass is 9.99. The number of benzene rings is 1. The quantitative estimate of drug-likeness (QED) is 0.814. The Kier molecular flexibility index (Phi) is 6.72. The zero-order valence-electron chi connectivity index (χ0n) is 16.5. The van der Waals surface area contributed by atoms with Gasteiger partial charge in [0, 0.05) is 44.8 Å². The number of hydrogen-bond donors (Lipinski definition) is 0. The summed E-state index contributed by atoms with van der Waals surface area (Å²) in [5.41, 5.74) is 1.98. The molecule has 0 aromatic heterocycles. The highest BCUT2D eigenvalue weighted by molar-refractivity contribution is 5.94. The van der Waals surface area contributed by atoms with Crippen molar-refractivity contribution in [2.75, 3.05) is 45.9 Å². The van der Waals surface area contributed by atoms with Gasteiger partial charge in [-0.2, -0.15) is 0 Å². The van der Waals surface area contributed by atoms with E-state index in [1.54, 1.807) is 11.8 Å². The van der Waals surface area contributed by atoms with Gasteiger partial charge in [0.2, 0.25) is 0 Å². The first-order chi connectivity index (χ1) is 13.1. The van der Waals surface area contributed by atoms with E-state index in [1.807, 2.05) is 17.0 Å². The van der Waals surface area contributed by atoms with E-state index in [0.29, 0.717) is 32.8 Å². The van der Waals surface area contributed by atoms with Gasteiger partial charge in [0.1, 0.15) is 0 Å². The smallest absolute Gasteiger partial charge is 0.409 e. The average molecular weight is 373 g/mol. The second-order valence-electron chi connectivity index (χ2n) is 7.66. The molecule has 2 saturated heterocycles. The van der Waals surface area contributed by atoms with Crippen LogP contribution in [0, 0.1) is 5.92 Å². The number of ether oxygens (including phenoxy) is 1. The zero-order valence-corrected chi connectivity index (χ0v) is 16.5. The summed E-state index contributed by atoms with van der Waals surface area (Å²) in [5, 5.41) is 0. The fourth-order valence-corrected chi connectivity index (χ4v) is 3.93. The van der Waals surface area contributed by atoms with Crippen LogP contribution in [0.25, 0.3) is 0 Å². The van der Waals surface area contributed by atoms with Gasteiger partial charge in [0.25, 0.3) is 5.91 Å². The Morgan fingerprint density at radius 1 is 1.04 bits per heavy atom. The number of amides is 2. The van der Waals surface area contributed by atoms with Crippen molar-refractivity contribution in [2.24, 2.45) is 5.92 Å². The summed E-state index contributed by atoms with van der Waals surface area (Å²) in [5.74, 6) is 0.810. The van der Waals surface area contributed by atoms with Gasteiger partial charge >= 0.3 is 6.09 Å². The molecule has 0 N–H and O–H groups in total. The first-order valence-electron chi connectivity index (χ1n) is 10.1. The van der Waals surface area contributed by atoms with E-state index in [0.717, 1.165) is 31.1 Å². The van der Waals surface area contributed by atoms with E-state index in [-0.39, 0.29) is 12.0 Å². The molecule has 0 radical (unpaired) electrons. The van der Waals surface area contributed by atoms with Crippen molar-refractivity contribution in [3.8, 4) is 0 Å². The second kappa shape index (κ2) is 9.22. The molecule has 0 spiro atoms. The monoisotopic (exact) mass is 373 g/mol. The minimum absolute atomic E-state index is 0.0386. The molecule has 0 saturated carbocycles. The Morgan fingerprint density at radius 2 is 1.70 bits per heavy atom. The molecule has 0 aliphatic carbocycles. The Labute approximate surface area is 162 Å². The first-order valence-corrected chi connectivity index (χ1v) is 10.1. The molecule has 0 unspecified atom stereocenters. The fourth-order valence-electron chi connectivity index (χ4n) is 3.93. The van der Waals surface area contributed by atoms with Gasteiger partial charge in [-0.25, -0.2) is 4.79 Å². The number of likely N-dealkylation sites (tertiary alicyclic amines) is 1. The molecular weight excluding hydrogens is 342 g/mol. The average Bonchev–Trinajstić information content (AvgIpc) is 2.68. The Morgan fingerprint density at radius 3 is 2.33 bits per heavy atom. The van der Waals surface area contributed by atoms with Gasteiger partial charge in [-0.05, 0) is 49.9 Å². The largest absolute Gasteiger partial charge is 0.450 e. The summed E-state index contributed by atoms with van der Waals surface area (Å²) in [6, 6.07) is 8.01. The van der Waals surface area contributed by atoms with Crippen molar-refractivity contribution >= 4 is 12.0 Å². The van der Waals surface area contributed by atoms with Crippen LogP contribution < -0.4 is 0 Å². The first kappa shape index (κ1) is 19.7. The van der Waals surface area contributed by atoms with E-state index in [2.05, 4.69) is 24.0 Å². The number of piperidine rings is 1. The van der Waals surface area contributed by atoms with Crippen LogP contribution in [-0.2, 0) is 11.3 Å². The van der Waals surface area contributed by atoms with E-state index >= 15 is 0 Å². The lowest BCUT2D eigenvalue weighted by Gasteiger charge is -2.34. The molecule has 148 valence electrons. The molecule has 2 fully saturated rings. The predicted octanol–water partition coefficient (Wildman–Crippen LogP) is 2.83. The molecular formula is C21H31N3O3. The number of carbonyl (C=O) groups excluding carboxylic acids is 2. The van der Waals surface area contributed by atoms with Gasteiger partial charge in [0.15, 0.2) is 0 Å². The maximum atomic E-state index is 12.7. The molecule has 2 heterocycles. The van der Waals surface area contributed by atoms with Crippen LogP contribution in [-0.4, -0.2) is 72.6 Å². The van der Waals surface area contributed by atoms with Crippen molar-refractivity contribution in [1.82, 2.24) is 14.7 Å². The predicted molar refractivity (Wildman–Crippen MR) is 105 cm³/mol. The topological polar surface area (TPSA) is 53.1 Å². The third kappa shape index (κ3) is 5.22. The lowest BCUT2D eigenvalue weighted by molar-refractivity contribution is 0.0570. The number of piperazine rings is 1. The van der Waals surface area contributed by atoms with Crippen LogP contribution in [0.2, 0.25) is 0 Å². The van der Waals surface area contributed by atoms with Crippen molar-refractivity contribution < 1.29 is 14.3 Å². The molecule has 3 rings (SSSR count). The highest BCUT2D eigenvalue weighted by Gasteiger charge is 2.25. The Bertz CT molecular complexity index is 639. The van der Waals surface area contributed by atoms with E-state index in [1.165, 1.54) is 18.4 Å². The van der Waals surface area contributed by atoms with Gasteiger partial charge in [-0.3, -0.25) is 9.69 Å². The van der Waals surface area contributed by atoms with Crippen LogP contribution in [0.1, 0.15) is 42.6 Å².